The number of sulfonamides is 1. The van der Waals surface area contributed by atoms with Crippen molar-refractivity contribution in [1.29, 1.82) is 0 Å². The molecule has 7 heteroatoms. The average molecular weight is 215 g/mol. The zero-order chi connectivity index (χ0) is 10.8. The Hall–Kier alpha value is -1.47. The molecule has 0 radical (unpaired) electrons. The molecule has 1 heterocycles. The van der Waals surface area contributed by atoms with E-state index in [0.29, 0.717) is 5.56 Å². The minimum Gasteiger partial charge on any atom is -0.369 e. The summed E-state index contributed by atoms with van der Waals surface area (Å²) in [5, 5.41) is 4.87. The van der Waals surface area contributed by atoms with E-state index in [-0.39, 0.29) is 11.3 Å². The van der Waals surface area contributed by atoms with E-state index < -0.39 is 15.9 Å². The Kier molecular flexibility index (Phi) is 2.82. The molecule has 1 aromatic rings. The van der Waals surface area contributed by atoms with Crippen LogP contribution in [0.5, 0.6) is 0 Å². The zero-order valence-corrected chi connectivity index (χ0v) is 7.99. The second kappa shape index (κ2) is 3.72. The summed E-state index contributed by atoms with van der Waals surface area (Å²) in [4.78, 5) is 14.1. The number of nitrogens with two attached hydrogens (primary N) is 2. The predicted molar refractivity (Wildman–Crippen MR) is 48.5 cm³/mol. The number of aromatic nitrogens is 1. The SMILES string of the molecule is NC(=O)Cc1cncc(S(N)(=O)=O)c1. The topological polar surface area (TPSA) is 116 Å². The minimum absolute atomic E-state index is 0.0592. The summed E-state index contributed by atoms with van der Waals surface area (Å²) >= 11 is 0. The van der Waals surface area contributed by atoms with Crippen LogP contribution in [-0.4, -0.2) is 19.3 Å². The fraction of sp³-hybridized carbons (Fsp3) is 0.143. The maximum Gasteiger partial charge on any atom is 0.239 e. The van der Waals surface area contributed by atoms with E-state index in [1.807, 2.05) is 0 Å². The van der Waals surface area contributed by atoms with Gasteiger partial charge in [-0.3, -0.25) is 9.78 Å². The smallest absolute Gasteiger partial charge is 0.239 e. The maximum atomic E-state index is 10.9. The van der Waals surface area contributed by atoms with Crippen LogP contribution < -0.4 is 10.9 Å². The van der Waals surface area contributed by atoms with E-state index in [2.05, 4.69) is 4.98 Å². The zero-order valence-electron chi connectivity index (χ0n) is 7.17. The van der Waals surface area contributed by atoms with Crippen LogP contribution in [0.25, 0.3) is 0 Å². The molecule has 0 spiro atoms. The highest BCUT2D eigenvalue weighted by molar-refractivity contribution is 7.89. The Morgan fingerprint density at radius 3 is 2.57 bits per heavy atom. The second-order valence-corrected chi connectivity index (χ2v) is 4.28. The highest BCUT2D eigenvalue weighted by atomic mass is 32.2. The Balaban J connectivity index is 3.08. The average Bonchev–Trinajstić information content (AvgIpc) is 2.01. The van der Waals surface area contributed by atoms with Crippen molar-refractivity contribution in [2.75, 3.05) is 0 Å². The molecule has 1 rings (SSSR count). The normalized spacial score (nSPS) is 11.2. The van der Waals surface area contributed by atoms with Crippen LogP contribution in [0, 0.1) is 0 Å². The van der Waals surface area contributed by atoms with Crippen molar-refractivity contribution < 1.29 is 13.2 Å². The highest BCUT2D eigenvalue weighted by Crippen LogP contribution is 2.07. The van der Waals surface area contributed by atoms with Crippen molar-refractivity contribution in [2.45, 2.75) is 11.3 Å². The molecule has 0 aliphatic rings. The molecule has 14 heavy (non-hydrogen) atoms. The van der Waals surface area contributed by atoms with Crippen molar-refractivity contribution in [3.05, 3.63) is 24.0 Å². The van der Waals surface area contributed by atoms with Gasteiger partial charge in [0.2, 0.25) is 15.9 Å². The first kappa shape index (κ1) is 10.6. The lowest BCUT2D eigenvalue weighted by Gasteiger charge is -2.00. The van der Waals surface area contributed by atoms with Crippen molar-refractivity contribution in [3.63, 3.8) is 0 Å². The van der Waals surface area contributed by atoms with Crippen LogP contribution >= 0.6 is 0 Å². The molecule has 1 amide bonds. The Bertz CT molecular complexity index is 455. The van der Waals surface area contributed by atoms with Gasteiger partial charge in [-0.2, -0.15) is 0 Å². The molecule has 0 aliphatic heterocycles. The largest absolute Gasteiger partial charge is 0.369 e. The molecular weight excluding hydrogens is 206 g/mol. The third-order valence-corrected chi connectivity index (χ3v) is 2.36. The second-order valence-electron chi connectivity index (χ2n) is 2.72. The molecule has 4 N–H and O–H groups in total. The molecule has 0 saturated heterocycles. The highest BCUT2D eigenvalue weighted by Gasteiger charge is 2.09. The Morgan fingerprint density at radius 1 is 1.43 bits per heavy atom. The van der Waals surface area contributed by atoms with E-state index in [1.54, 1.807) is 0 Å². The summed E-state index contributed by atoms with van der Waals surface area (Å²) in [6.45, 7) is 0. The molecule has 1 aromatic heterocycles. The molecule has 0 atom stereocenters. The molecule has 0 aliphatic carbocycles. The first-order valence-corrected chi connectivity index (χ1v) is 5.19. The van der Waals surface area contributed by atoms with Crippen LogP contribution in [0.3, 0.4) is 0 Å². The number of carbonyl (C=O) groups excluding carboxylic acids is 1. The fourth-order valence-electron chi connectivity index (χ4n) is 0.917. The van der Waals surface area contributed by atoms with Crippen LogP contribution in [0.2, 0.25) is 0 Å². The van der Waals surface area contributed by atoms with Gasteiger partial charge in [0, 0.05) is 12.4 Å². The molecule has 0 aromatic carbocycles. The molecule has 0 unspecified atom stereocenters. The molecule has 0 fully saturated rings. The van der Waals surface area contributed by atoms with Crippen molar-refractivity contribution in [2.24, 2.45) is 10.9 Å². The molecule has 0 bridgehead atoms. The number of carbonyl (C=O) groups is 1. The molecule has 6 nitrogen and oxygen atoms in total. The van der Waals surface area contributed by atoms with Gasteiger partial charge in [0.1, 0.15) is 4.90 Å². The summed E-state index contributed by atoms with van der Waals surface area (Å²) in [6.07, 6.45) is 2.41. The van der Waals surface area contributed by atoms with Gasteiger partial charge in [-0.05, 0) is 11.6 Å². The number of amides is 1. The van der Waals surface area contributed by atoms with Crippen LogP contribution in [0.4, 0.5) is 0 Å². The molecule has 0 saturated carbocycles. The van der Waals surface area contributed by atoms with Gasteiger partial charge in [-0.25, -0.2) is 13.6 Å². The number of rotatable bonds is 3. The number of primary amides is 1. The lowest BCUT2D eigenvalue weighted by molar-refractivity contribution is -0.117. The van der Waals surface area contributed by atoms with Crippen molar-refractivity contribution in [1.82, 2.24) is 4.98 Å². The molecular formula is C7H9N3O3S. The number of hydrogen-bond donors (Lipinski definition) is 2. The standard InChI is InChI=1S/C7H9N3O3S/c8-7(11)2-5-1-6(4-10-3-5)14(9,12)13/h1,3-4H,2H2,(H2,8,11)(H2,9,12,13). The maximum absolute atomic E-state index is 10.9. The first-order chi connectivity index (χ1) is 6.39. The monoisotopic (exact) mass is 215 g/mol. The van der Waals surface area contributed by atoms with Crippen LogP contribution in [0.15, 0.2) is 23.4 Å². The Labute approximate surface area is 81.0 Å². The van der Waals surface area contributed by atoms with E-state index in [9.17, 15) is 13.2 Å². The summed E-state index contributed by atoms with van der Waals surface area (Å²) in [5.41, 5.74) is 5.36. The van der Waals surface area contributed by atoms with Crippen LogP contribution in [0.1, 0.15) is 5.56 Å². The third kappa shape index (κ3) is 2.79. The number of nitrogens with zero attached hydrogens (tertiary/aromatic N) is 1. The Morgan fingerprint density at radius 2 is 2.07 bits per heavy atom. The number of primary sulfonamides is 1. The van der Waals surface area contributed by atoms with Gasteiger partial charge < -0.3 is 5.73 Å². The van der Waals surface area contributed by atoms with E-state index in [0.717, 1.165) is 6.20 Å². The summed E-state index contributed by atoms with van der Waals surface area (Å²) in [7, 11) is -3.78. The number of hydrogen-bond acceptors (Lipinski definition) is 4. The molecule has 76 valence electrons. The summed E-state index contributed by atoms with van der Waals surface area (Å²) in [6, 6.07) is 1.27. The van der Waals surface area contributed by atoms with Gasteiger partial charge in [0.25, 0.3) is 0 Å². The summed E-state index contributed by atoms with van der Waals surface area (Å²) < 4.78 is 21.8. The lowest BCUT2D eigenvalue weighted by Crippen LogP contribution is -2.16. The van der Waals surface area contributed by atoms with Gasteiger partial charge in [0.05, 0.1) is 6.42 Å². The van der Waals surface area contributed by atoms with Gasteiger partial charge in [-0.1, -0.05) is 0 Å². The van der Waals surface area contributed by atoms with Gasteiger partial charge in [-0.15, -0.1) is 0 Å². The van der Waals surface area contributed by atoms with Gasteiger partial charge in [0.15, 0.2) is 0 Å². The van der Waals surface area contributed by atoms with E-state index in [4.69, 9.17) is 10.9 Å². The predicted octanol–water partition coefficient (Wildman–Crippen LogP) is -1.24. The van der Waals surface area contributed by atoms with Crippen molar-refractivity contribution in [3.8, 4) is 0 Å². The number of pyridine rings is 1. The minimum atomic E-state index is -3.78. The quantitative estimate of drug-likeness (QED) is 0.655. The van der Waals surface area contributed by atoms with E-state index in [1.165, 1.54) is 12.3 Å². The van der Waals surface area contributed by atoms with Crippen LogP contribution in [-0.2, 0) is 21.2 Å². The lowest BCUT2D eigenvalue weighted by atomic mass is 10.2. The van der Waals surface area contributed by atoms with Gasteiger partial charge >= 0.3 is 0 Å². The van der Waals surface area contributed by atoms with Crippen molar-refractivity contribution >= 4 is 15.9 Å². The third-order valence-electron chi connectivity index (χ3n) is 1.48. The first-order valence-electron chi connectivity index (χ1n) is 3.64. The van der Waals surface area contributed by atoms with E-state index >= 15 is 0 Å². The summed E-state index contributed by atoms with van der Waals surface area (Å²) in [5.74, 6) is -0.557. The fourth-order valence-corrected chi connectivity index (χ4v) is 1.44.